The van der Waals surface area contributed by atoms with Gasteiger partial charge in [-0.2, -0.15) is 0 Å². The molecule has 0 aromatic carbocycles. The molecule has 1 unspecified atom stereocenters. The molecule has 0 spiro atoms. The minimum atomic E-state index is 0.439. The van der Waals surface area contributed by atoms with E-state index >= 15 is 0 Å². The molecule has 1 aromatic heterocycles. The monoisotopic (exact) mass is 296 g/mol. The topological polar surface area (TPSA) is 38.0 Å². The van der Waals surface area contributed by atoms with Gasteiger partial charge in [0.05, 0.1) is 0 Å². The predicted molar refractivity (Wildman–Crippen MR) is 91.1 cm³/mol. The molecule has 3 N–H and O–H groups in total. The number of rotatable bonds is 12. The number of nitrogens with two attached hydrogens (primary N) is 1. The highest BCUT2D eigenvalue weighted by atomic mass is 32.1. The van der Waals surface area contributed by atoms with E-state index in [1.54, 1.807) is 0 Å². The molecule has 0 fully saturated rings. The van der Waals surface area contributed by atoms with Crippen LogP contribution in [-0.4, -0.2) is 6.04 Å². The Hall–Kier alpha value is -0.380. The lowest BCUT2D eigenvalue weighted by atomic mass is 10.0. The lowest BCUT2D eigenvalue weighted by Crippen LogP contribution is -2.36. The first-order valence-electron chi connectivity index (χ1n) is 8.33. The van der Waals surface area contributed by atoms with Crippen molar-refractivity contribution in [1.82, 2.24) is 5.43 Å². The maximum atomic E-state index is 5.70. The number of nitrogens with one attached hydrogen (secondary N) is 1. The van der Waals surface area contributed by atoms with Crippen molar-refractivity contribution in [2.45, 2.75) is 84.1 Å². The van der Waals surface area contributed by atoms with Gasteiger partial charge in [0.25, 0.3) is 0 Å². The standard InChI is InChI=1S/C17H32N2S/c1-3-5-6-7-8-9-10-11-15(19-18)14-17-13-12-16(4-2)20-17/h12-13,15,19H,3-11,14,18H2,1-2H3. The van der Waals surface area contributed by atoms with Crippen LogP contribution in [0.5, 0.6) is 0 Å². The molecule has 1 atom stereocenters. The molecule has 0 bridgehead atoms. The zero-order chi connectivity index (χ0) is 14.6. The number of aryl methyl sites for hydroxylation is 1. The van der Waals surface area contributed by atoms with E-state index in [1.807, 2.05) is 11.3 Å². The fraction of sp³-hybridized carbons (Fsp3) is 0.765. The van der Waals surface area contributed by atoms with Crippen LogP contribution < -0.4 is 11.3 Å². The van der Waals surface area contributed by atoms with Gasteiger partial charge in [-0.25, -0.2) is 0 Å². The molecular formula is C17H32N2S. The van der Waals surface area contributed by atoms with Crippen molar-refractivity contribution >= 4 is 11.3 Å². The van der Waals surface area contributed by atoms with E-state index in [0.717, 1.165) is 12.8 Å². The molecule has 0 saturated carbocycles. The summed E-state index contributed by atoms with van der Waals surface area (Å²) in [6.07, 6.45) is 13.0. The molecule has 1 heterocycles. The van der Waals surface area contributed by atoms with Gasteiger partial charge in [-0.1, -0.05) is 58.8 Å². The number of unbranched alkanes of at least 4 members (excludes halogenated alkanes) is 6. The van der Waals surface area contributed by atoms with Gasteiger partial charge >= 0.3 is 0 Å². The van der Waals surface area contributed by atoms with Crippen LogP contribution in [0.4, 0.5) is 0 Å². The van der Waals surface area contributed by atoms with E-state index in [-0.39, 0.29) is 0 Å². The largest absolute Gasteiger partial charge is 0.271 e. The summed E-state index contributed by atoms with van der Waals surface area (Å²) in [7, 11) is 0. The van der Waals surface area contributed by atoms with Gasteiger partial charge in [0, 0.05) is 15.8 Å². The predicted octanol–water partition coefficient (Wildman–Crippen LogP) is 4.83. The second-order valence-corrected chi connectivity index (χ2v) is 6.95. The first-order valence-corrected chi connectivity index (χ1v) is 9.15. The zero-order valence-electron chi connectivity index (χ0n) is 13.3. The van der Waals surface area contributed by atoms with Crippen LogP contribution in [0.15, 0.2) is 12.1 Å². The van der Waals surface area contributed by atoms with E-state index < -0.39 is 0 Å². The highest BCUT2D eigenvalue weighted by Gasteiger charge is 2.09. The van der Waals surface area contributed by atoms with Crippen molar-refractivity contribution in [2.24, 2.45) is 5.84 Å². The van der Waals surface area contributed by atoms with Gasteiger partial charge in [-0.15, -0.1) is 11.3 Å². The maximum Gasteiger partial charge on any atom is 0.0258 e. The molecule has 3 heteroatoms. The summed E-state index contributed by atoms with van der Waals surface area (Å²) in [5.41, 5.74) is 3.00. The van der Waals surface area contributed by atoms with E-state index in [4.69, 9.17) is 5.84 Å². The van der Waals surface area contributed by atoms with Crippen molar-refractivity contribution in [3.63, 3.8) is 0 Å². The van der Waals surface area contributed by atoms with Crippen LogP contribution >= 0.6 is 11.3 Å². The van der Waals surface area contributed by atoms with E-state index in [1.165, 1.54) is 61.1 Å². The minimum Gasteiger partial charge on any atom is -0.271 e. The molecule has 2 nitrogen and oxygen atoms in total. The van der Waals surface area contributed by atoms with E-state index in [9.17, 15) is 0 Å². The zero-order valence-corrected chi connectivity index (χ0v) is 14.1. The molecule has 0 saturated heterocycles. The smallest absolute Gasteiger partial charge is 0.0258 e. The van der Waals surface area contributed by atoms with Gasteiger partial charge in [0.1, 0.15) is 0 Å². The summed E-state index contributed by atoms with van der Waals surface area (Å²) in [6, 6.07) is 4.95. The highest BCUT2D eigenvalue weighted by molar-refractivity contribution is 7.11. The van der Waals surface area contributed by atoms with E-state index in [0.29, 0.717) is 6.04 Å². The maximum absolute atomic E-state index is 5.70. The lowest BCUT2D eigenvalue weighted by Gasteiger charge is -2.14. The number of thiophene rings is 1. The number of hydrazine groups is 1. The Labute approximate surface area is 129 Å². The minimum absolute atomic E-state index is 0.439. The molecule has 0 aliphatic heterocycles. The Kier molecular flexibility index (Phi) is 9.98. The van der Waals surface area contributed by atoms with Gasteiger partial charge in [-0.05, 0) is 31.4 Å². The van der Waals surface area contributed by atoms with Crippen molar-refractivity contribution in [1.29, 1.82) is 0 Å². The molecule has 0 amide bonds. The van der Waals surface area contributed by atoms with Gasteiger partial charge in [-0.3, -0.25) is 11.3 Å². The quantitative estimate of drug-likeness (QED) is 0.329. The Morgan fingerprint density at radius 3 is 2.25 bits per heavy atom. The first-order chi connectivity index (χ1) is 9.80. The molecule has 1 rings (SSSR count). The SMILES string of the molecule is CCCCCCCCCC(Cc1ccc(CC)s1)NN. The van der Waals surface area contributed by atoms with Crippen molar-refractivity contribution in [2.75, 3.05) is 0 Å². The third-order valence-electron chi connectivity index (χ3n) is 3.91. The van der Waals surface area contributed by atoms with Crippen LogP contribution in [0, 0.1) is 0 Å². The lowest BCUT2D eigenvalue weighted by molar-refractivity contribution is 0.460. The number of hydrogen-bond donors (Lipinski definition) is 2. The van der Waals surface area contributed by atoms with Crippen molar-refractivity contribution < 1.29 is 0 Å². The molecule has 1 aromatic rings. The first kappa shape index (κ1) is 17.7. The van der Waals surface area contributed by atoms with Gasteiger partial charge in [0.2, 0.25) is 0 Å². The summed E-state index contributed by atoms with van der Waals surface area (Å²) in [6.45, 7) is 4.48. The van der Waals surface area contributed by atoms with E-state index in [2.05, 4.69) is 31.4 Å². The average molecular weight is 297 g/mol. The summed E-state index contributed by atoms with van der Waals surface area (Å²) in [5, 5.41) is 0. The summed E-state index contributed by atoms with van der Waals surface area (Å²) in [4.78, 5) is 2.94. The third-order valence-corrected chi connectivity index (χ3v) is 5.16. The van der Waals surface area contributed by atoms with Crippen molar-refractivity contribution in [3.05, 3.63) is 21.9 Å². The second kappa shape index (κ2) is 11.3. The molecular weight excluding hydrogens is 264 g/mol. The van der Waals surface area contributed by atoms with Crippen molar-refractivity contribution in [3.8, 4) is 0 Å². The summed E-state index contributed by atoms with van der Waals surface area (Å²) in [5.74, 6) is 5.70. The fourth-order valence-electron chi connectivity index (χ4n) is 2.56. The Morgan fingerprint density at radius 1 is 1.00 bits per heavy atom. The number of hydrogen-bond acceptors (Lipinski definition) is 3. The Balaban J connectivity index is 2.13. The molecule has 20 heavy (non-hydrogen) atoms. The molecule has 0 aliphatic rings. The van der Waals surface area contributed by atoms with Crippen LogP contribution in [-0.2, 0) is 12.8 Å². The third kappa shape index (κ3) is 7.41. The molecule has 0 aliphatic carbocycles. The Morgan fingerprint density at radius 2 is 1.65 bits per heavy atom. The summed E-state index contributed by atoms with van der Waals surface area (Å²) < 4.78 is 0. The van der Waals surface area contributed by atoms with Crippen LogP contribution in [0.25, 0.3) is 0 Å². The fourth-order valence-corrected chi connectivity index (χ4v) is 3.59. The Bertz CT molecular complexity index is 335. The second-order valence-electron chi connectivity index (χ2n) is 5.70. The van der Waals surface area contributed by atoms with Crippen LogP contribution in [0.1, 0.15) is 75.0 Å². The van der Waals surface area contributed by atoms with Crippen LogP contribution in [0.3, 0.4) is 0 Å². The van der Waals surface area contributed by atoms with Crippen LogP contribution in [0.2, 0.25) is 0 Å². The molecule has 116 valence electrons. The molecule has 0 radical (unpaired) electrons. The normalized spacial score (nSPS) is 12.8. The average Bonchev–Trinajstić information content (AvgIpc) is 2.92. The van der Waals surface area contributed by atoms with Gasteiger partial charge in [0.15, 0.2) is 0 Å². The summed E-state index contributed by atoms with van der Waals surface area (Å²) >= 11 is 1.93. The van der Waals surface area contributed by atoms with Gasteiger partial charge < -0.3 is 0 Å². The highest BCUT2D eigenvalue weighted by Crippen LogP contribution is 2.20.